The van der Waals surface area contributed by atoms with E-state index in [1.807, 2.05) is 0 Å². The Morgan fingerprint density at radius 1 is 1.35 bits per heavy atom. The quantitative estimate of drug-likeness (QED) is 0.854. The third-order valence-electron chi connectivity index (χ3n) is 3.93. The van der Waals surface area contributed by atoms with Gasteiger partial charge in [0.05, 0.1) is 25.7 Å². The van der Waals surface area contributed by atoms with Crippen molar-refractivity contribution in [2.45, 2.75) is 44.9 Å². The first-order chi connectivity index (χ1) is 9.72. The van der Waals surface area contributed by atoms with Crippen LogP contribution in [0.5, 0.6) is 0 Å². The maximum absolute atomic E-state index is 10.8. The van der Waals surface area contributed by atoms with E-state index in [-0.39, 0.29) is 12.5 Å². The molecular weight excluding hydrogens is 260 g/mol. The maximum Gasteiger partial charge on any atom is 0.306 e. The van der Waals surface area contributed by atoms with Gasteiger partial charge >= 0.3 is 5.97 Å². The average Bonchev–Trinajstić information content (AvgIpc) is 2.82. The van der Waals surface area contributed by atoms with Crippen LogP contribution >= 0.6 is 0 Å². The minimum atomic E-state index is -0.809. The molecule has 0 saturated carbocycles. The van der Waals surface area contributed by atoms with Gasteiger partial charge in [-0.25, -0.2) is 0 Å². The standard InChI is InChI=1S/C13H20N4O3/c18-13(19)7-10-8-16(5-6-20-10)9-12-15-14-11-3-1-2-4-17(11)12/h10H,1-9H2,(H,18,19). The Kier molecular flexibility index (Phi) is 3.98. The summed E-state index contributed by atoms with van der Waals surface area (Å²) < 4.78 is 7.70. The zero-order valence-electron chi connectivity index (χ0n) is 11.5. The third-order valence-corrected chi connectivity index (χ3v) is 3.93. The minimum absolute atomic E-state index is 0.0639. The smallest absolute Gasteiger partial charge is 0.306 e. The molecule has 3 rings (SSSR count). The number of aliphatic carboxylic acids is 1. The number of hydrogen-bond acceptors (Lipinski definition) is 5. The predicted molar refractivity (Wildman–Crippen MR) is 70.2 cm³/mol. The second kappa shape index (κ2) is 5.88. The Labute approximate surface area is 117 Å². The summed E-state index contributed by atoms with van der Waals surface area (Å²) in [4.78, 5) is 13.0. The molecule has 1 unspecified atom stereocenters. The van der Waals surface area contributed by atoms with Crippen LogP contribution in [0.2, 0.25) is 0 Å². The van der Waals surface area contributed by atoms with Crippen LogP contribution < -0.4 is 0 Å². The second-order valence-corrected chi connectivity index (χ2v) is 5.47. The molecule has 0 radical (unpaired) electrons. The molecule has 1 fully saturated rings. The number of carbonyl (C=O) groups is 1. The third kappa shape index (κ3) is 2.99. The molecule has 20 heavy (non-hydrogen) atoms. The van der Waals surface area contributed by atoms with Crippen LogP contribution in [0.4, 0.5) is 0 Å². The number of carboxylic acids is 1. The van der Waals surface area contributed by atoms with Crippen molar-refractivity contribution in [1.82, 2.24) is 19.7 Å². The molecule has 1 atom stereocenters. The van der Waals surface area contributed by atoms with E-state index < -0.39 is 5.97 Å². The van der Waals surface area contributed by atoms with Crippen molar-refractivity contribution in [2.24, 2.45) is 0 Å². The molecule has 1 aromatic rings. The highest BCUT2D eigenvalue weighted by atomic mass is 16.5. The summed E-state index contributed by atoms with van der Waals surface area (Å²) >= 11 is 0. The topological polar surface area (TPSA) is 80.5 Å². The normalized spacial score (nSPS) is 23.5. The number of rotatable bonds is 4. The fourth-order valence-electron chi connectivity index (χ4n) is 2.93. The highest BCUT2D eigenvalue weighted by Crippen LogP contribution is 2.17. The molecule has 0 bridgehead atoms. The van der Waals surface area contributed by atoms with Gasteiger partial charge in [0.1, 0.15) is 11.6 Å². The molecule has 1 saturated heterocycles. The van der Waals surface area contributed by atoms with Gasteiger partial charge in [-0.2, -0.15) is 0 Å². The van der Waals surface area contributed by atoms with E-state index in [0.717, 1.165) is 37.7 Å². The number of fused-ring (bicyclic) bond motifs is 1. The van der Waals surface area contributed by atoms with E-state index in [2.05, 4.69) is 19.7 Å². The average molecular weight is 280 g/mol. The minimum Gasteiger partial charge on any atom is -0.481 e. The maximum atomic E-state index is 10.8. The molecule has 3 heterocycles. The van der Waals surface area contributed by atoms with Crippen LogP contribution in [-0.4, -0.2) is 56.5 Å². The molecule has 110 valence electrons. The van der Waals surface area contributed by atoms with E-state index in [0.29, 0.717) is 13.2 Å². The first-order valence-corrected chi connectivity index (χ1v) is 7.19. The summed E-state index contributed by atoms with van der Waals surface area (Å²) in [5.74, 6) is 1.27. The van der Waals surface area contributed by atoms with Crippen molar-refractivity contribution >= 4 is 5.97 Å². The zero-order chi connectivity index (χ0) is 13.9. The second-order valence-electron chi connectivity index (χ2n) is 5.47. The molecular formula is C13H20N4O3. The van der Waals surface area contributed by atoms with E-state index in [1.54, 1.807) is 0 Å². The lowest BCUT2D eigenvalue weighted by molar-refractivity contribution is -0.142. The van der Waals surface area contributed by atoms with Gasteiger partial charge in [-0.1, -0.05) is 0 Å². The van der Waals surface area contributed by atoms with E-state index in [4.69, 9.17) is 9.84 Å². The molecule has 2 aliphatic heterocycles. The molecule has 0 amide bonds. The Morgan fingerprint density at radius 2 is 2.25 bits per heavy atom. The Hall–Kier alpha value is -1.47. The largest absolute Gasteiger partial charge is 0.481 e. The number of nitrogens with zero attached hydrogens (tertiary/aromatic N) is 4. The van der Waals surface area contributed by atoms with Gasteiger partial charge in [-0.05, 0) is 12.8 Å². The SMILES string of the molecule is O=C(O)CC1CN(Cc2nnc3n2CCCC3)CCO1. The molecule has 0 aromatic carbocycles. The van der Waals surface area contributed by atoms with Gasteiger partial charge in [-0.3, -0.25) is 9.69 Å². The molecule has 0 spiro atoms. The lowest BCUT2D eigenvalue weighted by Gasteiger charge is -2.32. The molecule has 1 N–H and O–H groups in total. The van der Waals surface area contributed by atoms with Crippen LogP contribution in [0.1, 0.15) is 30.9 Å². The van der Waals surface area contributed by atoms with Gasteiger partial charge in [0.2, 0.25) is 0 Å². The van der Waals surface area contributed by atoms with Crippen molar-refractivity contribution in [3.8, 4) is 0 Å². The Morgan fingerprint density at radius 3 is 3.10 bits per heavy atom. The summed E-state index contributed by atoms with van der Waals surface area (Å²) in [6.07, 6.45) is 3.23. The first-order valence-electron chi connectivity index (χ1n) is 7.19. The molecule has 7 heteroatoms. The van der Waals surface area contributed by atoms with Crippen LogP contribution in [0, 0.1) is 0 Å². The Bertz CT molecular complexity index is 488. The number of aryl methyl sites for hydroxylation is 1. The summed E-state index contributed by atoms with van der Waals surface area (Å²) in [6.45, 7) is 3.78. The lowest BCUT2D eigenvalue weighted by Crippen LogP contribution is -2.43. The monoisotopic (exact) mass is 280 g/mol. The highest BCUT2D eigenvalue weighted by Gasteiger charge is 2.25. The van der Waals surface area contributed by atoms with Crippen LogP contribution in [0.15, 0.2) is 0 Å². The van der Waals surface area contributed by atoms with Crippen molar-refractivity contribution in [3.05, 3.63) is 11.6 Å². The van der Waals surface area contributed by atoms with Gasteiger partial charge < -0.3 is 14.4 Å². The summed E-state index contributed by atoms with van der Waals surface area (Å²) in [5.41, 5.74) is 0. The van der Waals surface area contributed by atoms with Crippen molar-refractivity contribution in [2.75, 3.05) is 19.7 Å². The fraction of sp³-hybridized carbons (Fsp3) is 0.769. The number of hydrogen-bond donors (Lipinski definition) is 1. The predicted octanol–water partition coefficient (Wildman–Crippen LogP) is 0.290. The van der Waals surface area contributed by atoms with E-state index in [9.17, 15) is 4.79 Å². The van der Waals surface area contributed by atoms with Gasteiger partial charge in [0.15, 0.2) is 0 Å². The molecule has 0 aliphatic carbocycles. The Balaban J connectivity index is 1.62. The van der Waals surface area contributed by atoms with Gasteiger partial charge in [0, 0.05) is 26.1 Å². The summed E-state index contributed by atoms with van der Waals surface area (Å²) in [5, 5.41) is 17.4. The van der Waals surface area contributed by atoms with Crippen molar-refractivity contribution in [1.29, 1.82) is 0 Å². The molecule has 1 aromatic heterocycles. The first kappa shape index (κ1) is 13.5. The van der Waals surface area contributed by atoms with Crippen LogP contribution in [0.3, 0.4) is 0 Å². The molecule has 2 aliphatic rings. The number of ether oxygens (including phenoxy) is 1. The van der Waals surface area contributed by atoms with E-state index >= 15 is 0 Å². The fourth-order valence-corrected chi connectivity index (χ4v) is 2.93. The van der Waals surface area contributed by atoms with Gasteiger partial charge in [0.25, 0.3) is 0 Å². The number of carboxylic acid groups (broad SMARTS) is 1. The highest BCUT2D eigenvalue weighted by molar-refractivity contribution is 5.67. The number of morpholine rings is 1. The zero-order valence-corrected chi connectivity index (χ0v) is 11.5. The van der Waals surface area contributed by atoms with Crippen LogP contribution in [-0.2, 0) is 29.0 Å². The van der Waals surface area contributed by atoms with Crippen LogP contribution in [0.25, 0.3) is 0 Å². The summed E-state index contributed by atoms with van der Waals surface area (Å²) in [7, 11) is 0. The lowest BCUT2D eigenvalue weighted by atomic mass is 10.1. The van der Waals surface area contributed by atoms with Crippen molar-refractivity contribution in [3.63, 3.8) is 0 Å². The molecule has 7 nitrogen and oxygen atoms in total. The van der Waals surface area contributed by atoms with E-state index in [1.165, 1.54) is 12.8 Å². The van der Waals surface area contributed by atoms with Gasteiger partial charge in [-0.15, -0.1) is 10.2 Å². The summed E-state index contributed by atoms with van der Waals surface area (Å²) in [6, 6.07) is 0. The number of aromatic nitrogens is 3. The van der Waals surface area contributed by atoms with Crippen molar-refractivity contribution < 1.29 is 14.6 Å².